The Hall–Kier alpha value is -5.23. The van der Waals surface area contributed by atoms with Crippen LogP contribution in [0.3, 0.4) is 0 Å². The molecule has 1 aliphatic heterocycles. The van der Waals surface area contributed by atoms with Gasteiger partial charge in [0.25, 0.3) is 5.91 Å². The van der Waals surface area contributed by atoms with E-state index >= 15 is 0 Å². The number of anilines is 1. The van der Waals surface area contributed by atoms with Gasteiger partial charge < -0.3 is 49.6 Å². The summed E-state index contributed by atoms with van der Waals surface area (Å²) >= 11 is 0. The van der Waals surface area contributed by atoms with Crippen molar-refractivity contribution in [2.45, 2.75) is 58.1 Å². The molecular formula is C41H48N2O9. The molecule has 0 spiro atoms. The number of aliphatic hydroxyl groups is 3. The van der Waals surface area contributed by atoms with E-state index in [1.807, 2.05) is 72.8 Å². The van der Waals surface area contributed by atoms with E-state index in [1.165, 1.54) is 7.11 Å². The minimum atomic E-state index is -0.398. The number of hydrogen-bond acceptors (Lipinski definition) is 10. The topological polar surface area (TPSA) is 148 Å². The molecule has 0 bridgehead atoms. The first-order valence-electron chi connectivity index (χ1n) is 17.4. The third kappa shape index (κ3) is 9.35. The SMILES string of the molecule is COc1cc(/C=C\c2cc(OC)c(OCCCCCCCOc3ccc(C4NC(=O)c5ccccc5N4)cc3CO)c(OC)c2)cc(CO)c1CO. The van der Waals surface area contributed by atoms with Crippen LogP contribution in [-0.2, 0) is 19.8 Å². The van der Waals surface area contributed by atoms with Gasteiger partial charge in [-0.1, -0.05) is 49.6 Å². The zero-order chi connectivity index (χ0) is 36.9. The van der Waals surface area contributed by atoms with Crippen LogP contribution in [0.5, 0.6) is 28.7 Å². The Morgan fingerprint density at radius 1 is 0.635 bits per heavy atom. The van der Waals surface area contributed by atoms with Crippen molar-refractivity contribution in [2.75, 3.05) is 39.9 Å². The second kappa shape index (κ2) is 18.8. The molecule has 5 rings (SSSR count). The number of fused-ring (bicyclic) bond motifs is 1. The molecule has 1 atom stereocenters. The number of aliphatic hydroxyl groups excluding tert-OH is 3. The quantitative estimate of drug-likeness (QED) is 0.0531. The highest BCUT2D eigenvalue weighted by Gasteiger charge is 2.25. The summed E-state index contributed by atoms with van der Waals surface area (Å²) in [4.78, 5) is 12.5. The van der Waals surface area contributed by atoms with Gasteiger partial charge in [-0.05, 0) is 83.6 Å². The van der Waals surface area contributed by atoms with E-state index < -0.39 is 6.17 Å². The average molecular weight is 713 g/mol. The van der Waals surface area contributed by atoms with Crippen molar-refractivity contribution in [3.05, 3.63) is 106 Å². The Labute approximate surface area is 304 Å². The minimum absolute atomic E-state index is 0.140. The number of ether oxygens (including phenoxy) is 5. The van der Waals surface area contributed by atoms with E-state index in [2.05, 4.69) is 10.6 Å². The summed E-state index contributed by atoms with van der Waals surface area (Å²) < 4.78 is 28.8. The van der Waals surface area contributed by atoms with E-state index in [-0.39, 0.29) is 25.7 Å². The monoisotopic (exact) mass is 712 g/mol. The average Bonchev–Trinajstić information content (AvgIpc) is 3.18. The van der Waals surface area contributed by atoms with Crippen molar-refractivity contribution < 1.29 is 43.8 Å². The fraction of sp³-hybridized carbons (Fsp3) is 0.341. The molecule has 1 unspecified atom stereocenters. The Morgan fingerprint density at radius 3 is 1.90 bits per heavy atom. The lowest BCUT2D eigenvalue weighted by Gasteiger charge is -2.28. The minimum Gasteiger partial charge on any atom is -0.496 e. The predicted molar refractivity (Wildman–Crippen MR) is 200 cm³/mol. The lowest BCUT2D eigenvalue weighted by atomic mass is 10.0. The number of carbonyl (C=O) groups is 1. The molecule has 1 amide bonds. The molecule has 0 radical (unpaired) electrons. The van der Waals surface area contributed by atoms with Crippen LogP contribution in [-0.4, -0.2) is 55.8 Å². The highest BCUT2D eigenvalue weighted by atomic mass is 16.5. The van der Waals surface area contributed by atoms with Crippen LogP contribution >= 0.6 is 0 Å². The Balaban J connectivity index is 1.06. The van der Waals surface area contributed by atoms with Gasteiger partial charge in [-0.15, -0.1) is 0 Å². The summed E-state index contributed by atoms with van der Waals surface area (Å²) in [6.07, 6.45) is 8.13. The zero-order valence-corrected chi connectivity index (χ0v) is 29.9. The van der Waals surface area contributed by atoms with Crippen LogP contribution in [0.1, 0.15) is 82.0 Å². The van der Waals surface area contributed by atoms with Crippen molar-refractivity contribution in [1.29, 1.82) is 0 Å². The molecule has 1 heterocycles. The van der Waals surface area contributed by atoms with Gasteiger partial charge in [0, 0.05) is 16.8 Å². The second-order valence-electron chi connectivity index (χ2n) is 12.4. The molecule has 0 aromatic heterocycles. The molecule has 1 aliphatic rings. The molecule has 0 saturated heterocycles. The summed E-state index contributed by atoms with van der Waals surface area (Å²) in [5.41, 5.74) is 5.70. The molecule has 11 nitrogen and oxygen atoms in total. The zero-order valence-electron chi connectivity index (χ0n) is 29.9. The Morgan fingerprint density at radius 2 is 1.25 bits per heavy atom. The van der Waals surface area contributed by atoms with E-state index in [1.54, 1.807) is 20.3 Å². The first-order valence-corrected chi connectivity index (χ1v) is 17.4. The number of para-hydroxylation sites is 1. The van der Waals surface area contributed by atoms with Crippen molar-refractivity contribution >= 4 is 23.7 Å². The number of carbonyl (C=O) groups excluding carboxylic acids is 1. The van der Waals surface area contributed by atoms with Crippen molar-refractivity contribution in [2.24, 2.45) is 0 Å². The van der Waals surface area contributed by atoms with E-state index in [0.29, 0.717) is 64.2 Å². The van der Waals surface area contributed by atoms with E-state index in [9.17, 15) is 20.1 Å². The van der Waals surface area contributed by atoms with Crippen molar-refractivity contribution in [3.63, 3.8) is 0 Å². The molecule has 0 aliphatic carbocycles. The molecule has 4 aromatic rings. The summed E-state index contributed by atoms with van der Waals surface area (Å²) in [5, 5.41) is 35.8. The Bertz CT molecular complexity index is 1790. The number of nitrogens with one attached hydrogen (secondary N) is 2. The van der Waals surface area contributed by atoms with Crippen molar-refractivity contribution in [1.82, 2.24) is 5.32 Å². The second-order valence-corrected chi connectivity index (χ2v) is 12.4. The fourth-order valence-electron chi connectivity index (χ4n) is 6.16. The largest absolute Gasteiger partial charge is 0.496 e. The van der Waals surface area contributed by atoms with Gasteiger partial charge in [-0.2, -0.15) is 0 Å². The number of amides is 1. The molecule has 4 aromatic carbocycles. The maximum Gasteiger partial charge on any atom is 0.255 e. The van der Waals surface area contributed by atoms with Gasteiger partial charge in [0.2, 0.25) is 5.75 Å². The molecule has 276 valence electrons. The number of unbranched alkanes of at least 4 members (excludes halogenated alkanes) is 4. The van der Waals surface area contributed by atoms with Crippen LogP contribution in [0.4, 0.5) is 5.69 Å². The van der Waals surface area contributed by atoms with E-state index in [0.717, 1.165) is 54.5 Å². The van der Waals surface area contributed by atoms with Crippen LogP contribution in [0.2, 0.25) is 0 Å². The molecular weight excluding hydrogens is 664 g/mol. The van der Waals surface area contributed by atoms with Gasteiger partial charge >= 0.3 is 0 Å². The third-order valence-electron chi connectivity index (χ3n) is 8.95. The summed E-state index contributed by atoms with van der Waals surface area (Å²) in [5.74, 6) is 2.67. The number of benzene rings is 4. The van der Waals surface area contributed by atoms with Gasteiger partial charge in [-0.25, -0.2) is 0 Å². The third-order valence-corrected chi connectivity index (χ3v) is 8.95. The molecule has 0 saturated carbocycles. The van der Waals surface area contributed by atoms with Gasteiger partial charge in [-0.3, -0.25) is 4.79 Å². The van der Waals surface area contributed by atoms with Gasteiger partial charge in [0.15, 0.2) is 11.5 Å². The van der Waals surface area contributed by atoms with Gasteiger partial charge in [0.1, 0.15) is 17.7 Å². The normalized spacial score (nSPS) is 13.7. The Kier molecular flexibility index (Phi) is 13.8. The van der Waals surface area contributed by atoms with Crippen LogP contribution in [0.25, 0.3) is 12.2 Å². The van der Waals surface area contributed by atoms with Crippen LogP contribution < -0.4 is 34.3 Å². The summed E-state index contributed by atoms with van der Waals surface area (Å²) in [6.45, 7) is 0.438. The van der Waals surface area contributed by atoms with Crippen LogP contribution in [0, 0.1) is 0 Å². The van der Waals surface area contributed by atoms with E-state index in [4.69, 9.17) is 23.7 Å². The smallest absolute Gasteiger partial charge is 0.255 e. The first-order chi connectivity index (χ1) is 25.4. The number of methoxy groups -OCH3 is 3. The molecule has 0 fully saturated rings. The number of rotatable bonds is 19. The number of hydrogen-bond donors (Lipinski definition) is 5. The fourth-order valence-corrected chi connectivity index (χ4v) is 6.16. The summed E-state index contributed by atoms with van der Waals surface area (Å²) in [6, 6.07) is 20.4. The lowest BCUT2D eigenvalue weighted by molar-refractivity contribution is 0.0935. The maximum atomic E-state index is 12.5. The first kappa shape index (κ1) is 38.0. The molecule has 52 heavy (non-hydrogen) atoms. The van der Waals surface area contributed by atoms with Crippen molar-refractivity contribution in [3.8, 4) is 28.7 Å². The highest BCUT2D eigenvalue weighted by Crippen LogP contribution is 2.39. The maximum absolute atomic E-state index is 12.5. The summed E-state index contributed by atoms with van der Waals surface area (Å²) in [7, 11) is 4.71. The van der Waals surface area contributed by atoms with Crippen LogP contribution in [0.15, 0.2) is 66.7 Å². The molecule has 11 heteroatoms. The highest BCUT2D eigenvalue weighted by molar-refractivity contribution is 6.01. The lowest BCUT2D eigenvalue weighted by Crippen LogP contribution is -2.38. The standard InChI is InChI=1S/C41H48N2O9/c1-48-36-20-27(19-30(24-44)33(36)26-46)13-14-28-21-37(49-2)39(38(22-28)50-3)52-18-10-6-4-5-9-17-51-35-16-15-29(23-31(35)25-45)40-42-34-12-8-7-11-32(34)41(47)43-40/h7-8,11-16,19-23,40,42,44-46H,4-6,9-10,17-18,24-26H2,1-3H3,(H,43,47)/b14-13-. The predicted octanol–water partition coefficient (Wildman–Crippen LogP) is 6.62. The van der Waals surface area contributed by atoms with Gasteiger partial charge in [0.05, 0.1) is 59.9 Å². The molecule has 5 N–H and O–H groups in total.